The van der Waals surface area contributed by atoms with Crippen LogP contribution in [0.2, 0.25) is 0 Å². The van der Waals surface area contributed by atoms with Gasteiger partial charge < -0.3 is 5.11 Å². The van der Waals surface area contributed by atoms with E-state index in [4.69, 9.17) is 0 Å². The molecule has 7 heteroatoms. The molecule has 2 aromatic rings. The van der Waals surface area contributed by atoms with Crippen molar-refractivity contribution in [3.63, 3.8) is 0 Å². The average Bonchev–Trinajstić information content (AvgIpc) is 2.35. The molecule has 0 saturated heterocycles. The van der Waals surface area contributed by atoms with Gasteiger partial charge in [0.1, 0.15) is 24.4 Å². The highest BCUT2D eigenvalue weighted by Gasteiger charge is 2.23. The zero-order valence-electron chi connectivity index (χ0n) is 10.6. The van der Waals surface area contributed by atoms with Crippen LogP contribution in [0.3, 0.4) is 0 Å². The number of nitrogens with zero attached hydrogens (tertiary/aromatic N) is 2. The number of aryl methyl sites for hydroxylation is 1. The summed E-state index contributed by atoms with van der Waals surface area (Å²) in [6.45, 7) is 0.219. The van der Waals surface area contributed by atoms with E-state index in [1.54, 1.807) is 13.0 Å². The Kier molecular flexibility index (Phi) is 4.47. The topological polar surface area (TPSA) is 46.0 Å². The van der Waals surface area contributed by atoms with Gasteiger partial charge in [0.15, 0.2) is 6.17 Å². The number of aromatic nitrogens is 2. The van der Waals surface area contributed by atoms with Gasteiger partial charge in [-0.1, -0.05) is 15.9 Å². The number of phenolic OH excluding ortho intramolecular Hbond substituents is 1. The second kappa shape index (κ2) is 5.95. The van der Waals surface area contributed by atoms with Crippen LogP contribution in [0, 0.1) is 6.92 Å². The maximum absolute atomic E-state index is 13.6. The summed E-state index contributed by atoms with van der Waals surface area (Å²) in [7, 11) is 0. The molecule has 2 atom stereocenters. The van der Waals surface area contributed by atoms with Gasteiger partial charge in [0, 0.05) is 10.9 Å². The lowest BCUT2D eigenvalue weighted by atomic mass is 10.1. The number of benzene rings is 1. The van der Waals surface area contributed by atoms with Crippen LogP contribution in [0.1, 0.15) is 11.5 Å². The Morgan fingerprint density at radius 2 is 1.95 bits per heavy atom. The van der Waals surface area contributed by atoms with Crippen LogP contribution in [0.15, 0.2) is 16.6 Å². The molecule has 108 valence electrons. The number of rotatable bonds is 4. The third-order valence-electron chi connectivity index (χ3n) is 2.86. The fourth-order valence-electron chi connectivity index (χ4n) is 1.97. The normalized spacial score (nSPS) is 14.4. The Hall–Kier alpha value is -1.37. The third-order valence-corrected chi connectivity index (χ3v) is 3.32. The van der Waals surface area contributed by atoms with Gasteiger partial charge >= 0.3 is 0 Å². The molecule has 0 amide bonds. The molecule has 0 aliphatic rings. The first kappa shape index (κ1) is 15.0. The van der Waals surface area contributed by atoms with Crippen LogP contribution in [-0.4, -0.2) is 34.1 Å². The summed E-state index contributed by atoms with van der Waals surface area (Å²) in [5, 5.41) is 10.2. The number of alkyl halides is 3. The van der Waals surface area contributed by atoms with Gasteiger partial charge in [0.25, 0.3) is 0 Å². The summed E-state index contributed by atoms with van der Waals surface area (Å²) >= 11 is 3.21. The molecular weight excluding hydrogens is 337 g/mol. The van der Waals surface area contributed by atoms with E-state index in [9.17, 15) is 18.3 Å². The molecule has 1 heterocycles. The SMILES string of the molecule is Cc1nc(CC(F)C(F)CF)c2c(O)cc(Br)cc2n1. The number of phenols is 1. The molecule has 1 aromatic carbocycles. The minimum absolute atomic E-state index is 0.132. The first-order valence-corrected chi connectivity index (χ1v) is 6.71. The van der Waals surface area contributed by atoms with Crippen molar-refractivity contribution in [1.82, 2.24) is 9.97 Å². The van der Waals surface area contributed by atoms with Gasteiger partial charge in [0.2, 0.25) is 0 Å². The number of halogens is 4. The Labute approximate surface area is 122 Å². The molecule has 20 heavy (non-hydrogen) atoms. The van der Waals surface area contributed by atoms with Gasteiger partial charge in [-0.25, -0.2) is 23.1 Å². The van der Waals surface area contributed by atoms with Gasteiger partial charge in [-0.15, -0.1) is 0 Å². The number of hydrogen-bond donors (Lipinski definition) is 1. The van der Waals surface area contributed by atoms with E-state index in [0.29, 0.717) is 15.8 Å². The lowest BCUT2D eigenvalue weighted by Crippen LogP contribution is -2.22. The molecule has 2 rings (SSSR count). The van der Waals surface area contributed by atoms with Crippen molar-refractivity contribution in [1.29, 1.82) is 0 Å². The van der Waals surface area contributed by atoms with Crippen molar-refractivity contribution < 1.29 is 18.3 Å². The molecule has 1 aromatic heterocycles. The summed E-state index contributed by atoms with van der Waals surface area (Å²) in [5.41, 5.74) is 0.586. The van der Waals surface area contributed by atoms with Gasteiger partial charge in [0.05, 0.1) is 16.6 Å². The summed E-state index contributed by atoms with van der Waals surface area (Å²) in [6, 6.07) is 3.06. The number of hydrogen-bond acceptors (Lipinski definition) is 3. The fourth-order valence-corrected chi connectivity index (χ4v) is 2.40. The van der Waals surface area contributed by atoms with Gasteiger partial charge in [-0.3, -0.25) is 0 Å². The molecule has 0 fully saturated rings. The second-order valence-electron chi connectivity index (χ2n) is 4.43. The molecule has 0 spiro atoms. The van der Waals surface area contributed by atoms with E-state index in [-0.39, 0.29) is 16.8 Å². The lowest BCUT2D eigenvalue weighted by molar-refractivity contribution is 0.136. The standard InChI is InChI=1S/C13H12BrF3N2O/c1-6-18-10-2-7(14)3-12(20)13(10)11(19-6)4-8(16)9(17)5-15/h2-3,8-9,20H,4-5H2,1H3. The van der Waals surface area contributed by atoms with Crippen molar-refractivity contribution in [2.45, 2.75) is 25.7 Å². The minimum atomic E-state index is -2.20. The summed E-state index contributed by atoms with van der Waals surface area (Å²) in [6.07, 6.45) is -4.63. The molecular formula is C13H12BrF3N2O. The Morgan fingerprint density at radius 3 is 2.60 bits per heavy atom. The predicted molar refractivity (Wildman–Crippen MR) is 73.1 cm³/mol. The number of aromatic hydroxyl groups is 1. The van der Waals surface area contributed by atoms with Crippen LogP contribution in [0.25, 0.3) is 10.9 Å². The largest absolute Gasteiger partial charge is 0.507 e. The highest BCUT2D eigenvalue weighted by molar-refractivity contribution is 9.10. The summed E-state index contributed by atoms with van der Waals surface area (Å²) in [5.74, 6) is 0.236. The molecule has 0 aliphatic heterocycles. The first-order valence-electron chi connectivity index (χ1n) is 5.92. The van der Waals surface area contributed by atoms with E-state index in [0.717, 1.165) is 0 Å². The zero-order chi connectivity index (χ0) is 14.9. The fraction of sp³-hybridized carbons (Fsp3) is 0.385. The van der Waals surface area contributed by atoms with Crippen molar-refractivity contribution >= 4 is 26.8 Å². The number of fused-ring (bicyclic) bond motifs is 1. The third kappa shape index (κ3) is 3.03. The Balaban J connectivity index is 2.52. The van der Waals surface area contributed by atoms with Crippen molar-refractivity contribution in [3.05, 3.63) is 28.1 Å². The van der Waals surface area contributed by atoms with E-state index in [1.807, 2.05) is 0 Å². The van der Waals surface area contributed by atoms with E-state index < -0.39 is 25.4 Å². The molecule has 0 radical (unpaired) electrons. The highest BCUT2D eigenvalue weighted by Crippen LogP contribution is 2.31. The van der Waals surface area contributed by atoms with Crippen LogP contribution < -0.4 is 0 Å². The maximum atomic E-state index is 13.6. The Bertz CT molecular complexity index is 633. The summed E-state index contributed by atoms with van der Waals surface area (Å²) < 4.78 is 39.4. The molecule has 0 aliphatic carbocycles. The monoisotopic (exact) mass is 348 g/mol. The predicted octanol–water partition coefficient (Wildman–Crippen LogP) is 3.59. The zero-order valence-corrected chi connectivity index (χ0v) is 12.2. The molecule has 2 unspecified atom stereocenters. The summed E-state index contributed by atoms with van der Waals surface area (Å²) in [4.78, 5) is 8.17. The van der Waals surface area contributed by atoms with E-state index in [1.165, 1.54) is 6.07 Å². The molecule has 0 saturated carbocycles. The smallest absolute Gasteiger partial charge is 0.160 e. The van der Waals surface area contributed by atoms with Crippen molar-refractivity contribution in [2.75, 3.05) is 6.67 Å². The van der Waals surface area contributed by atoms with E-state index >= 15 is 0 Å². The van der Waals surface area contributed by atoms with Crippen LogP contribution >= 0.6 is 15.9 Å². The Morgan fingerprint density at radius 1 is 1.25 bits per heavy atom. The second-order valence-corrected chi connectivity index (χ2v) is 5.34. The molecule has 0 bridgehead atoms. The van der Waals surface area contributed by atoms with Gasteiger partial charge in [-0.05, 0) is 19.1 Å². The quantitative estimate of drug-likeness (QED) is 0.918. The van der Waals surface area contributed by atoms with Crippen LogP contribution in [-0.2, 0) is 6.42 Å². The highest BCUT2D eigenvalue weighted by atomic mass is 79.9. The van der Waals surface area contributed by atoms with Crippen molar-refractivity contribution in [2.24, 2.45) is 0 Å². The van der Waals surface area contributed by atoms with E-state index in [2.05, 4.69) is 25.9 Å². The average molecular weight is 349 g/mol. The first-order chi connectivity index (χ1) is 9.42. The molecule has 1 N–H and O–H groups in total. The van der Waals surface area contributed by atoms with Crippen LogP contribution in [0.4, 0.5) is 13.2 Å². The van der Waals surface area contributed by atoms with Crippen LogP contribution in [0.5, 0.6) is 5.75 Å². The van der Waals surface area contributed by atoms with Crippen molar-refractivity contribution in [3.8, 4) is 5.75 Å². The van der Waals surface area contributed by atoms with Gasteiger partial charge in [-0.2, -0.15) is 0 Å². The maximum Gasteiger partial charge on any atom is 0.160 e. The minimum Gasteiger partial charge on any atom is -0.507 e. The lowest BCUT2D eigenvalue weighted by Gasteiger charge is -2.13. The molecule has 3 nitrogen and oxygen atoms in total.